The largest absolute Gasteiger partial charge is 0.314 e. The fourth-order valence-electron chi connectivity index (χ4n) is 3.59. The van der Waals surface area contributed by atoms with Gasteiger partial charge in [0.15, 0.2) is 0 Å². The molecule has 1 nitrogen and oxygen atoms in total. The minimum Gasteiger partial charge on any atom is -0.314 e. The molecule has 1 aromatic rings. The molecule has 0 saturated heterocycles. The van der Waals surface area contributed by atoms with Crippen LogP contribution < -0.4 is 5.32 Å². The molecular formula is C18H25Cl2N. The minimum absolute atomic E-state index is 0.745. The quantitative estimate of drug-likeness (QED) is 0.706. The van der Waals surface area contributed by atoms with Crippen molar-refractivity contribution in [3.63, 3.8) is 0 Å². The van der Waals surface area contributed by atoms with Crippen LogP contribution in [0.4, 0.5) is 0 Å². The normalized spacial score (nSPS) is 26.6. The highest BCUT2D eigenvalue weighted by molar-refractivity contribution is 6.33. The first kappa shape index (κ1) is 15.6. The van der Waals surface area contributed by atoms with E-state index in [-0.39, 0.29) is 0 Å². The number of benzene rings is 1. The SMILES string of the molecule is Clc1ccc(Cl)c(CC2CCCCCC2CNC2CC2)c1. The van der Waals surface area contributed by atoms with E-state index >= 15 is 0 Å². The van der Waals surface area contributed by atoms with Gasteiger partial charge >= 0.3 is 0 Å². The topological polar surface area (TPSA) is 12.0 Å². The molecule has 3 rings (SSSR count). The van der Waals surface area contributed by atoms with E-state index in [2.05, 4.69) is 11.4 Å². The van der Waals surface area contributed by atoms with Crippen molar-refractivity contribution in [2.45, 2.75) is 57.4 Å². The fourth-order valence-corrected chi connectivity index (χ4v) is 3.98. The number of nitrogens with one attached hydrogen (secondary N) is 1. The average molecular weight is 326 g/mol. The highest BCUT2D eigenvalue weighted by Gasteiger charge is 2.27. The Morgan fingerprint density at radius 3 is 2.48 bits per heavy atom. The van der Waals surface area contributed by atoms with E-state index < -0.39 is 0 Å². The van der Waals surface area contributed by atoms with Crippen LogP contribution in [0.5, 0.6) is 0 Å². The van der Waals surface area contributed by atoms with Crippen LogP contribution in [0.25, 0.3) is 0 Å². The van der Waals surface area contributed by atoms with Crippen molar-refractivity contribution in [2.24, 2.45) is 11.8 Å². The van der Waals surface area contributed by atoms with Crippen LogP contribution in [0, 0.1) is 11.8 Å². The zero-order chi connectivity index (χ0) is 14.7. The standard InChI is InChI=1S/C18H25Cl2N/c19-16-6-9-18(20)15(11-16)10-13-4-2-1-3-5-14(13)12-21-17-7-8-17/h6,9,11,13-14,17,21H,1-5,7-8,10,12H2. The van der Waals surface area contributed by atoms with Crippen LogP contribution in [0.3, 0.4) is 0 Å². The third-order valence-electron chi connectivity index (χ3n) is 5.05. The highest BCUT2D eigenvalue weighted by Crippen LogP contribution is 2.34. The summed E-state index contributed by atoms with van der Waals surface area (Å²) in [4.78, 5) is 0. The Balaban J connectivity index is 1.67. The Morgan fingerprint density at radius 2 is 1.71 bits per heavy atom. The van der Waals surface area contributed by atoms with Crippen LogP contribution in [0.15, 0.2) is 18.2 Å². The Morgan fingerprint density at radius 1 is 0.952 bits per heavy atom. The summed E-state index contributed by atoms with van der Waals surface area (Å²) in [7, 11) is 0. The van der Waals surface area contributed by atoms with Crippen molar-refractivity contribution >= 4 is 23.2 Å². The monoisotopic (exact) mass is 325 g/mol. The predicted molar refractivity (Wildman–Crippen MR) is 91.3 cm³/mol. The first-order chi connectivity index (χ1) is 10.2. The van der Waals surface area contributed by atoms with Crippen LogP contribution in [-0.2, 0) is 6.42 Å². The zero-order valence-electron chi connectivity index (χ0n) is 12.6. The summed E-state index contributed by atoms with van der Waals surface area (Å²) in [6.45, 7) is 1.19. The lowest BCUT2D eigenvalue weighted by molar-refractivity contribution is 0.297. The molecule has 21 heavy (non-hydrogen) atoms. The molecule has 3 heteroatoms. The number of hydrogen-bond acceptors (Lipinski definition) is 1. The Hall–Kier alpha value is -0.240. The Labute approximate surface area is 138 Å². The molecule has 0 aromatic heterocycles. The molecule has 2 aliphatic rings. The van der Waals surface area contributed by atoms with Crippen molar-refractivity contribution in [3.8, 4) is 0 Å². The van der Waals surface area contributed by atoms with Gasteiger partial charge in [-0.3, -0.25) is 0 Å². The minimum atomic E-state index is 0.745. The summed E-state index contributed by atoms with van der Waals surface area (Å²) >= 11 is 12.5. The van der Waals surface area contributed by atoms with E-state index in [1.54, 1.807) is 0 Å². The highest BCUT2D eigenvalue weighted by atomic mass is 35.5. The summed E-state index contributed by atoms with van der Waals surface area (Å²) in [6.07, 6.45) is 10.7. The van der Waals surface area contributed by atoms with Gasteiger partial charge in [0.25, 0.3) is 0 Å². The van der Waals surface area contributed by atoms with Crippen molar-refractivity contribution < 1.29 is 0 Å². The maximum atomic E-state index is 6.37. The maximum Gasteiger partial charge on any atom is 0.0439 e. The molecule has 0 aliphatic heterocycles. The van der Waals surface area contributed by atoms with Crippen LogP contribution in [0.2, 0.25) is 10.0 Å². The van der Waals surface area contributed by atoms with E-state index in [9.17, 15) is 0 Å². The molecule has 0 heterocycles. The first-order valence-electron chi connectivity index (χ1n) is 8.39. The third-order valence-corrected chi connectivity index (χ3v) is 5.66. The first-order valence-corrected chi connectivity index (χ1v) is 9.15. The van der Waals surface area contributed by atoms with Crippen molar-refractivity contribution in [2.75, 3.05) is 6.54 Å². The molecule has 1 N–H and O–H groups in total. The lowest BCUT2D eigenvalue weighted by Crippen LogP contribution is -2.30. The van der Waals surface area contributed by atoms with E-state index in [0.29, 0.717) is 0 Å². The summed E-state index contributed by atoms with van der Waals surface area (Å²) in [6, 6.07) is 6.68. The number of halogens is 2. The molecule has 2 saturated carbocycles. The number of rotatable bonds is 5. The van der Waals surface area contributed by atoms with E-state index in [0.717, 1.165) is 34.3 Å². The Kier molecular flexibility index (Phi) is 5.48. The van der Waals surface area contributed by atoms with Gasteiger partial charge in [0, 0.05) is 16.1 Å². The fraction of sp³-hybridized carbons (Fsp3) is 0.667. The van der Waals surface area contributed by atoms with E-state index in [1.807, 2.05) is 12.1 Å². The lowest BCUT2D eigenvalue weighted by atomic mass is 9.83. The molecule has 2 fully saturated rings. The summed E-state index contributed by atoms with van der Waals surface area (Å²) < 4.78 is 0. The van der Waals surface area contributed by atoms with Crippen LogP contribution in [-0.4, -0.2) is 12.6 Å². The Bertz CT molecular complexity index is 470. The zero-order valence-corrected chi connectivity index (χ0v) is 14.1. The van der Waals surface area contributed by atoms with Gasteiger partial charge in [-0.25, -0.2) is 0 Å². The summed E-state index contributed by atoms with van der Waals surface area (Å²) in [5.74, 6) is 1.54. The van der Waals surface area contributed by atoms with Gasteiger partial charge in [-0.05, 0) is 74.2 Å². The lowest BCUT2D eigenvalue weighted by Gasteiger charge is -2.26. The van der Waals surface area contributed by atoms with Crippen molar-refractivity contribution in [1.82, 2.24) is 5.32 Å². The van der Waals surface area contributed by atoms with Gasteiger partial charge in [0.2, 0.25) is 0 Å². The maximum absolute atomic E-state index is 6.37. The number of hydrogen-bond donors (Lipinski definition) is 1. The third kappa shape index (κ3) is 4.61. The van der Waals surface area contributed by atoms with Gasteiger partial charge in [-0.15, -0.1) is 0 Å². The molecule has 116 valence electrons. The van der Waals surface area contributed by atoms with Gasteiger partial charge in [0.05, 0.1) is 0 Å². The molecule has 2 unspecified atom stereocenters. The molecule has 2 aliphatic carbocycles. The van der Waals surface area contributed by atoms with Crippen LogP contribution >= 0.6 is 23.2 Å². The molecule has 1 aromatic carbocycles. The van der Waals surface area contributed by atoms with Crippen molar-refractivity contribution in [3.05, 3.63) is 33.8 Å². The van der Waals surface area contributed by atoms with Gasteiger partial charge in [-0.2, -0.15) is 0 Å². The van der Waals surface area contributed by atoms with Gasteiger partial charge in [-0.1, -0.05) is 42.5 Å². The predicted octanol–water partition coefficient (Wildman–Crippen LogP) is 5.48. The molecule has 0 amide bonds. The second kappa shape index (κ2) is 7.35. The smallest absolute Gasteiger partial charge is 0.0439 e. The molecule has 2 atom stereocenters. The second-order valence-corrected chi connectivity index (χ2v) is 7.62. The average Bonchev–Trinajstić information content (AvgIpc) is 3.28. The van der Waals surface area contributed by atoms with Crippen molar-refractivity contribution in [1.29, 1.82) is 0 Å². The molecule has 0 bridgehead atoms. The van der Waals surface area contributed by atoms with Gasteiger partial charge < -0.3 is 5.32 Å². The van der Waals surface area contributed by atoms with Crippen LogP contribution in [0.1, 0.15) is 50.5 Å². The van der Waals surface area contributed by atoms with E-state index in [4.69, 9.17) is 23.2 Å². The second-order valence-electron chi connectivity index (χ2n) is 6.78. The van der Waals surface area contributed by atoms with Gasteiger partial charge in [0.1, 0.15) is 0 Å². The summed E-state index contributed by atoms with van der Waals surface area (Å²) in [5, 5.41) is 5.41. The molecular weight excluding hydrogens is 301 g/mol. The molecule has 0 spiro atoms. The van der Waals surface area contributed by atoms with E-state index in [1.165, 1.54) is 57.1 Å². The summed E-state index contributed by atoms with van der Waals surface area (Å²) in [5.41, 5.74) is 1.23. The molecule has 0 radical (unpaired) electrons.